The molecule has 0 aromatic heterocycles. The average molecular weight is 566 g/mol. The Morgan fingerprint density at radius 1 is 1.07 bits per heavy atom. The Bertz CT molecular complexity index is 1240. The molecule has 0 aliphatic heterocycles. The predicted octanol–water partition coefficient (Wildman–Crippen LogP) is 3.99. The van der Waals surface area contributed by atoms with Crippen LogP contribution in [0.3, 0.4) is 0 Å². The molecule has 4 aliphatic rings. The first-order valence-corrected chi connectivity index (χ1v) is 15.1. The molecule has 8 atom stereocenters. The van der Waals surface area contributed by atoms with Crippen molar-refractivity contribution in [3.8, 4) is 0 Å². The van der Waals surface area contributed by atoms with Gasteiger partial charge in [0.2, 0.25) is 11.7 Å². The number of benzene rings is 1. The van der Waals surface area contributed by atoms with Crippen LogP contribution in [0, 0.1) is 28.6 Å². The van der Waals surface area contributed by atoms with E-state index in [4.69, 9.17) is 4.74 Å². The van der Waals surface area contributed by atoms with Crippen LogP contribution in [-0.2, 0) is 23.9 Å². The van der Waals surface area contributed by atoms with E-state index in [0.717, 1.165) is 30.4 Å². The number of hydrogen-bond donors (Lipinski definition) is 3. The average Bonchev–Trinajstić information content (AvgIpc) is 3.21. The molecule has 8 heteroatoms. The highest BCUT2D eigenvalue weighted by molar-refractivity contribution is 5.92. The number of carbonyl (C=O) groups excluding carboxylic acids is 4. The van der Waals surface area contributed by atoms with E-state index in [9.17, 15) is 29.4 Å². The maximum Gasteiger partial charge on any atom is 0.306 e. The van der Waals surface area contributed by atoms with E-state index in [1.165, 1.54) is 0 Å². The number of Topliss-reactive ketones (excluding diaryl/α,β-unsaturated/α-hetero) is 1. The summed E-state index contributed by atoms with van der Waals surface area (Å²) in [5.41, 5.74) is -0.698. The van der Waals surface area contributed by atoms with Gasteiger partial charge in [0.1, 0.15) is 5.60 Å². The fourth-order valence-corrected chi connectivity index (χ4v) is 8.84. The molecule has 0 heterocycles. The quantitative estimate of drug-likeness (QED) is 0.407. The Labute approximate surface area is 241 Å². The smallest absolute Gasteiger partial charge is 0.306 e. The van der Waals surface area contributed by atoms with Gasteiger partial charge in [-0.2, -0.15) is 0 Å². The number of amides is 1. The van der Waals surface area contributed by atoms with Gasteiger partial charge in [0.05, 0.1) is 18.6 Å². The van der Waals surface area contributed by atoms with Gasteiger partial charge in [-0.15, -0.1) is 0 Å². The molecule has 5 unspecified atom stereocenters. The number of hydrogen-bond acceptors (Lipinski definition) is 7. The van der Waals surface area contributed by atoms with Crippen LogP contribution in [0.15, 0.2) is 42.0 Å². The molecule has 1 aromatic rings. The van der Waals surface area contributed by atoms with E-state index in [-0.39, 0.29) is 66.6 Å². The summed E-state index contributed by atoms with van der Waals surface area (Å²) < 4.78 is 5.25. The molecule has 1 amide bonds. The fraction of sp³-hybridized carbons (Fsp3) is 0.636. The van der Waals surface area contributed by atoms with Gasteiger partial charge >= 0.3 is 5.97 Å². The summed E-state index contributed by atoms with van der Waals surface area (Å²) in [5, 5.41) is 26.2. The summed E-state index contributed by atoms with van der Waals surface area (Å²) >= 11 is 0. The van der Waals surface area contributed by atoms with Crippen LogP contribution in [-0.4, -0.2) is 52.0 Å². The Morgan fingerprint density at radius 2 is 1.80 bits per heavy atom. The van der Waals surface area contributed by atoms with E-state index in [0.29, 0.717) is 12.8 Å². The highest BCUT2D eigenvalue weighted by Gasteiger charge is 2.68. The van der Waals surface area contributed by atoms with Crippen LogP contribution >= 0.6 is 0 Å². The van der Waals surface area contributed by atoms with E-state index in [2.05, 4.69) is 12.2 Å². The van der Waals surface area contributed by atoms with Crippen molar-refractivity contribution in [1.29, 1.82) is 0 Å². The fourth-order valence-electron chi connectivity index (χ4n) is 8.84. The topological polar surface area (TPSA) is 130 Å². The SMILES string of the molecule is CC(NC(=O)CCC(=O)OCC(=O)[C@@]1(O)CCC2C3CCC4=CC(=O)CC[C@]4(C)C3C(O)C[C@@]21C)c1ccccc1. The molecule has 5 rings (SSSR count). The minimum Gasteiger partial charge on any atom is -0.458 e. The van der Waals surface area contributed by atoms with Crippen molar-refractivity contribution >= 4 is 23.4 Å². The maximum atomic E-state index is 13.4. The van der Waals surface area contributed by atoms with Gasteiger partial charge in [-0.1, -0.05) is 49.8 Å². The van der Waals surface area contributed by atoms with Crippen molar-refractivity contribution in [2.75, 3.05) is 6.61 Å². The molecule has 222 valence electrons. The van der Waals surface area contributed by atoms with Gasteiger partial charge < -0.3 is 20.3 Å². The molecule has 3 N–H and O–H groups in total. The molecule has 4 aliphatic carbocycles. The van der Waals surface area contributed by atoms with Crippen molar-refractivity contribution in [2.45, 2.75) is 96.3 Å². The first kappa shape index (κ1) is 29.6. The largest absolute Gasteiger partial charge is 0.458 e. The number of rotatable bonds is 8. The van der Waals surface area contributed by atoms with Crippen molar-refractivity contribution in [3.63, 3.8) is 0 Å². The second kappa shape index (κ2) is 11.1. The maximum absolute atomic E-state index is 13.4. The van der Waals surface area contributed by atoms with E-state index in [1.807, 2.05) is 44.2 Å². The number of ether oxygens (including phenoxy) is 1. The monoisotopic (exact) mass is 565 g/mol. The zero-order valence-corrected chi connectivity index (χ0v) is 24.4. The number of carbonyl (C=O) groups is 4. The van der Waals surface area contributed by atoms with Crippen molar-refractivity contribution < 1.29 is 34.1 Å². The lowest BCUT2D eigenvalue weighted by Crippen LogP contribution is -2.62. The van der Waals surface area contributed by atoms with Gasteiger partial charge in [-0.25, -0.2) is 0 Å². The summed E-state index contributed by atoms with van der Waals surface area (Å²) in [6.07, 6.45) is 4.88. The number of allylic oxidation sites excluding steroid dienone is 1. The van der Waals surface area contributed by atoms with Crippen LogP contribution in [0.1, 0.15) is 90.2 Å². The molecular formula is C33H43NO7. The third-order valence-electron chi connectivity index (χ3n) is 11.1. The zero-order chi connectivity index (χ0) is 29.6. The Balaban J connectivity index is 1.18. The van der Waals surface area contributed by atoms with Gasteiger partial charge in [0, 0.05) is 18.3 Å². The normalized spacial score (nSPS) is 36.7. The van der Waals surface area contributed by atoms with Crippen molar-refractivity contribution in [2.24, 2.45) is 28.6 Å². The minimum absolute atomic E-state index is 0.0142. The lowest BCUT2D eigenvalue weighted by Gasteiger charge is -2.60. The van der Waals surface area contributed by atoms with Gasteiger partial charge in [0.15, 0.2) is 12.4 Å². The second-order valence-electron chi connectivity index (χ2n) is 13.3. The van der Waals surface area contributed by atoms with Gasteiger partial charge in [-0.05, 0) is 80.3 Å². The lowest BCUT2D eigenvalue weighted by molar-refractivity contribution is -0.184. The van der Waals surface area contributed by atoms with Crippen LogP contribution < -0.4 is 5.32 Å². The summed E-state index contributed by atoms with van der Waals surface area (Å²) in [5.74, 6) is -1.17. The van der Waals surface area contributed by atoms with Crippen LogP contribution in [0.2, 0.25) is 0 Å². The third kappa shape index (κ3) is 5.18. The third-order valence-corrected chi connectivity index (χ3v) is 11.1. The summed E-state index contributed by atoms with van der Waals surface area (Å²) in [4.78, 5) is 50.3. The molecule has 0 bridgehead atoms. The molecule has 3 saturated carbocycles. The van der Waals surface area contributed by atoms with E-state index >= 15 is 0 Å². The van der Waals surface area contributed by atoms with E-state index < -0.39 is 35.5 Å². The number of fused-ring (bicyclic) bond motifs is 5. The van der Waals surface area contributed by atoms with Crippen molar-refractivity contribution in [1.82, 2.24) is 5.32 Å². The van der Waals surface area contributed by atoms with Crippen LogP contribution in [0.5, 0.6) is 0 Å². The Kier molecular flexibility index (Phi) is 8.03. The van der Waals surface area contributed by atoms with E-state index in [1.54, 1.807) is 6.08 Å². The lowest BCUT2D eigenvalue weighted by atomic mass is 9.45. The first-order valence-electron chi connectivity index (χ1n) is 15.1. The summed E-state index contributed by atoms with van der Waals surface area (Å²) in [6.45, 7) is 5.38. The number of nitrogens with one attached hydrogen (secondary N) is 1. The molecule has 0 saturated heterocycles. The molecule has 8 nitrogen and oxygen atoms in total. The zero-order valence-electron chi connectivity index (χ0n) is 24.4. The molecule has 0 spiro atoms. The van der Waals surface area contributed by atoms with Gasteiger partial charge in [-0.3, -0.25) is 19.2 Å². The molecular weight excluding hydrogens is 522 g/mol. The highest BCUT2D eigenvalue weighted by Crippen LogP contribution is 2.67. The minimum atomic E-state index is -1.70. The standard InChI is InChI=1S/C33H43NO7/c1-20(21-7-5-4-6-8-21)34-28(38)11-12-29(39)41-19-27(37)33(40)16-14-25-24-10-9-22-17-23(35)13-15-31(22,2)30(24)26(36)18-32(25,33)3/h4-8,17,20,24-26,30,36,40H,9-16,18-19H2,1-3H3,(H,34,38)/t20?,24?,25?,26?,30?,31-,32-,33-/m0/s1. The summed E-state index contributed by atoms with van der Waals surface area (Å²) in [6, 6.07) is 9.30. The Morgan fingerprint density at radius 3 is 2.54 bits per heavy atom. The molecule has 41 heavy (non-hydrogen) atoms. The number of aliphatic hydroxyl groups is 2. The van der Waals surface area contributed by atoms with Crippen LogP contribution in [0.25, 0.3) is 0 Å². The van der Waals surface area contributed by atoms with Gasteiger partial charge in [0.25, 0.3) is 0 Å². The predicted molar refractivity (Wildman–Crippen MR) is 151 cm³/mol. The molecule has 1 aromatic carbocycles. The Hall–Kier alpha value is -2.84. The molecule has 3 fully saturated rings. The molecule has 0 radical (unpaired) electrons. The first-order chi connectivity index (χ1) is 19.4. The highest BCUT2D eigenvalue weighted by atomic mass is 16.5. The van der Waals surface area contributed by atoms with Crippen LogP contribution in [0.4, 0.5) is 0 Å². The van der Waals surface area contributed by atoms with Crippen molar-refractivity contribution in [3.05, 3.63) is 47.5 Å². The second-order valence-corrected chi connectivity index (χ2v) is 13.3. The number of ketones is 2. The summed E-state index contributed by atoms with van der Waals surface area (Å²) in [7, 11) is 0. The number of esters is 1. The number of aliphatic hydroxyl groups excluding tert-OH is 1.